The van der Waals surface area contributed by atoms with E-state index >= 15 is 0 Å². The summed E-state index contributed by atoms with van der Waals surface area (Å²) in [6, 6.07) is 4.93. The van der Waals surface area contributed by atoms with Gasteiger partial charge in [0, 0.05) is 0 Å². The molecule has 0 saturated heterocycles. The fraction of sp³-hybridized carbons (Fsp3) is 0.222. The third-order valence-electron chi connectivity index (χ3n) is 1.64. The lowest BCUT2D eigenvalue weighted by Crippen LogP contribution is -1.91. The SMILES string of the molecule is COc1ccc(C#N)c(OC)c1O. The molecule has 1 aromatic carbocycles. The molecule has 0 radical (unpaired) electrons. The van der Waals surface area contributed by atoms with Gasteiger partial charge in [-0.05, 0) is 12.1 Å². The molecule has 0 unspecified atom stereocenters. The first-order valence-electron chi connectivity index (χ1n) is 3.58. The average molecular weight is 179 g/mol. The van der Waals surface area contributed by atoms with Gasteiger partial charge in [0.25, 0.3) is 0 Å². The number of phenols is 1. The summed E-state index contributed by atoms with van der Waals surface area (Å²) in [7, 11) is 2.82. The Morgan fingerprint density at radius 2 is 2.00 bits per heavy atom. The van der Waals surface area contributed by atoms with Crippen LogP contribution in [0.4, 0.5) is 0 Å². The number of hydrogen-bond donors (Lipinski definition) is 1. The standard InChI is InChI=1S/C9H9NO3/c1-12-7-4-3-6(5-10)9(13-2)8(7)11/h3-4,11H,1-2H3. The van der Waals surface area contributed by atoms with Crippen LogP contribution >= 0.6 is 0 Å². The van der Waals surface area contributed by atoms with Gasteiger partial charge in [-0.3, -0.25) is 0 Å². The normalized spacial score (nSPS) is 9.00. The van der Waals surface area contributed by atoms with E-state index in [0.29, 0.717) is 0 Å². The van der Waals surface area contributed by atoms with Gasteiger partial charge in [-0.2, -0.15) is 5.26 Å². The minimum atomic E-state index is -0.149. The predicted octanol–water partition coefficient (Wildman–Crippen LogP) is 1.28. The molecule has 0 aliphatic carbocycles. The quantitative estimate of drug-likeness (QED) is 0.742. The fourth-order valence-corrected chi connectivity index (χ4v) is 1.01. The number of methoxy groups -OCH3 is 2. The Hall–Kier alpha value is -1.89. The van der Waals surface area contributed by atoms with Gasteiger partial charge in [0.15, 0.2) is 11.5 Å². The maximum atomic E-state index is 9.50. The van der Waals surface area contributed by atoms with E-state index in [4.69, 9.17) is 14.7 Å². The van der Waals surface area contributed by atoms with Gasteiger partial charge in [-0.15, -0.1) is 0 Å². The summed E-state index contributed by atoms with van der Waals surface area (Å²) < 4.78 is 9.70. The summed E-state index contributed by atoms with van der Waals surface area (Å²) in [6.45, 7) is 0. The van der Waals surface area contributed by atoms with Gasteiger partial charge >= 0.3 is 0 Å². The number of benzene rings is 1. The molecular weight excluding hydrogens is 170 g/mol. The van der Waals surface area contributed by atoms with Crippen molar-refractivity contribution in [3.05, 3.63) is 17.7 Å². The minimum Gasteiger partial charge on any atom is -0.502 e. The van der Waals surface area contributed by atoms with Crippen molar-refractivity contribution in [1.82, 2.24) is 0 Å². The van der Waals surface area contributed by atoms with E-state index in [1.54, 1.807) is 0 Å². The topological polar surface area (TPSA) is 62.5 Å². The molecule has 0 aromatic heterocycles. The van der Waals surface area contributed by atoms with Crippen LogP contribution < -0.4 is 9.47 Å². The largest absolute Gasteiger partial charge is 0.502 e. The summed E-state index contributed by atoms with van der Waals surface area (Å²) >= 11 is 0. The third-order valence-corrected chi connectivity index (χ3v) is 1.64. The molecule has 68 valence electrons. The maximum absolute atomic E-state index is 9.50. The van der Waals surface area contributed by atoms with Gasteiger partial charge in [0.2, 0.25) is 5.75 Å². The Bertz CT molecular complexity index is 355. The van der Waals surface area contributed by atoms with Gasteiger partial charge in [0.05, 0.1) is 19.8 Å². The zero-order chi connectivity index (χ0) is 9.84. The molecule has 0 spiro atoms. The van der Waals surface area contributed by atoms with Crippen molar-refractivity contribution >= 4 is 0 Å². The van der Waals surface area contributed by atoms with Gasteiger partial charge in [-0.1, -0.05) is 0 Å². The summed E-state index contributed by atoms with van der Waals surface area (Å²) in [4.78, 5) is 0. The smallest absolute Gasteiger partial charge is 0.202 e. The van der Waals surface area contributed by atoms with Crippen LogP contribution in [-0.2, 0) is 0 Å². The van der Waals surface area contributed by atoms with Crippen LogP contribution in [0.15, 0.2) is 12.1 Å². The summed E-state index contributed by atoms with van der Waals surface area (Å²) in [5.74, 6) is 0.279. The second-order valence-electron chi connectivity index (χ2n) is 2.31. The number of hydrogen-bond acceptors (Lipinski definition) is 4. The van der Waals surface area contributed by atoms with E-state index in [9.17, 15) is 5.11 Å². The van der Waals surface area contributed by atoms with Gasteiger partial charge < -0.3 is 14.6 Å². The summed E-state index contributed by atoms with van der Waals surface area (Å²) in [5, 5.41) is 18.2. The molecule has 0 aliphatic rings. The summed E-state index contributed by atoms with van der Waals surface area (Å²) in [5.41, 5.74) is 0.279. The highest BCUT2D eigenvalue weighted by molar-refractivity contribution is 5.58. The third kappa shape index (κ3) is 1.49. The molecule has 0 aliphatic heterocycles. The van der Waals surface area contributed by atoms with Crippen LogP contribution in [0, 0.1) is 11.3 Å². The van der Waals surface area contributed by atoms with Crippen molar-refractivity contribution in [3.63, 3.8) is 0 Å². The zero-order valence-corrected chi connectivity index (χ0v) is 7.37. The minimum absolute atomic E-state index is 0.141. The van der Waals surface area contributed by atoms with Crippen molar-refractivity contribution < 1.29 is 14.6 Å². The highest BCUT2D eigenvalue weighted by atomic mass is 16.5. The van der Waals surface area contributed by atoms with Crippen molar-refractivity contribution in [2.45, 2.75) is 0 Å². The first-order valence-corrected chi connectivity index (χ1v) is 3.58. The lowest BCUT2D eigenvalue weighted by molar-refractivity contribution is 0.339. The molecule has 0 bridgehead atoms. The summed E-state index contributed by atoms with van der Waals surface area (Å²) in [6.07, 6.45) is 0. The number of aromatic hydroxyl groups is 1. The van der Waals surface area contributed by atoms with Gasteiger partial charge in [0.1, 0.15) is 6.07 Å². The molecule has 4 heteroatoms. The number of nitriles is 1. The van der Waals surface area contributed by atoms with Crippen LogP contribution in [0.3, 0.4) is 0 Å². The highest BCUT2D eigenvalue weighted by Crippen LogP contribution is 2.38. The van der Waals surface area contributed by atoms with Crippen molar-refractivity contribution in [1.29, 1.82) is 5.26 Å². The molecule has 4 nitrogen and oxygen atoms in total. The lowest BCUT2D eigenvalue weighted by Gasteiger charge is -2.08. The number of nitrogens with zero attached hydrogens (tertiary/aromatic N) is 1. The van der Waals surface area contributed by atoms with E-state index in [-0.39, 0.29) is 22.8 Å². The molecule has 0 amide bonds. The molecule has 0 heterocycles. The Morgan fingerprint density at radius 1 is 1.31 bits per heavy atom. The molecule has 0 atom stereocenters. The van der Waals surface area contributed by atoms with Crippen molar-refractivity contribution in [2.75, 3.05) is 14.2 Å². The molecule has 0 fully saturated rings. The Balaban J connectivity index is 3.34. The van der Waals surface area contributed by atoms with E-state index in [2.05, 4.69) is 0 Å². The van der Waals surface area contributed by atoms with Crippen molar-refractivity contribution in [3.8, 4) is 23.3 Å². The highest BCUT2D eigenvalue weighted by Gasteiger charge is 2.12. The predicted molar refractivity (Wildman–Crippen MR) is 45.9 cm³/mol. The molecule has 1 N–H and O–H groups in total. The first kappa shape index (κ1) is 9.20. The van der Waals surface area contributed by atoms with Crippen LogP contribution in [0.25, 0.3) is 0 Å². The molecular formula is C9H9NO3. The maximum Gasteiger partial charge on any atom is 0.202 e. The van der Waals surface area contributed by atoms with E-state index in [0.717, 1.165) is 0 Å². The lowest BCUT2D eigenvalue weighted by atomic mass is 10.2. The fourth-order valence-electron chi connectivity index (χ4n) is 1.01. The number of ether oxygens (including phenoxy) is 2. The van der Waals surface area contributed by atoms with E-state index in [1.165, 1.54) is 26.4 Å². The first-order chi connectivity index (χ1) is 6.24. The Kier molecular flexibility index (Phi) is 2.60. The molecule has 1 aromatic rings. The monoisotopic (exact) mass is 179 g/mol. The zero-order valence-electron chi connectivity index (χ0n) is 7.37. The van der Waals surface area contributed by atoms with Crippen LogP contribution in [0.5, 0.6) is 17.2 Å². The Labute approximate surface area is 75.9 Å². The van der Waals surface area contributed by atoms with Crippen LogP contribution in [0.2, 0.25) is 0 Å². The second-order valence-corrected chi connectivity index (χ2v) is 2.31. The number of rotatable bonds is 2. The van der Waals surface area contributed by atoms with E-state index in [1.807, 2.05) is 6.07 Å². The molecule has 0 saturated carbocycles. The Morgan fingerprint density at radius 3 is 2.46 bits per heavy atom. The van der Waals surface area contributed by atoms with Crippen LogP contribution in [0.1, 0.15) is 5.56 Å². The second kappa shape index (κ2) is 3.68. The van der Waals surface area contributed by atoms with Gasteiger partial charge in [-0.25, -0.2) is 0 Å². The van der Waals surface area contributed by atoms with Crippen molar-refractivity contribution in [2.24, 2.45) is 0 Å². The number of phenolic OH excluding ortho intramolecular Hbond substituents is 1. The molecule has 1 rings (SSSR count). The molecule has 13 heavy (non-hydrogen) atoms. The van der Waals surface area contributed by atoms with E-state index < -0.39 is 0 Å². The average Bonchev–Trinajstić information content (AvgIpc) is 2.17. The van der Waals surface area contributed by atoms with Crippen LogP contribution in [-0.4, -0.2) is 19.3 Å².